The van der Waals surface area contributed by atoms with Crippen LogP contribution in [-0.4, -0.2) is 33.8 Å². The van der Waals surface area contributed by atoms with Gasteiger partial charge in [-0.25, -0.2) is 0 Å². The summed E-state index contributed by atoms with van der Waals surface area (Å²) in [6.45, 7) is 7.82. The Kier molecular flexibility index (Phi) is 6.28. The van der Waals surface area contributed by atoms with Crippen LogP contribution in [0.2, 0.25) is 0 Å². The lowest BCUT2D eigenvalue weighted by Crippen LogP contribution is -2.29. The molecule has 1 N–H and O–H groups in total. The van der Waals surface area contributed by atoms with Gasteiger partial charge in [-0.2, -0.15) is 0 Å². The number of aromatic nitrogens is 1. The monoisotopic (exact) mass is 460 g/mol. The molecular weight excluding hydrogens is 432 g/mol. The van der Waals surface area contributed by atoms with Crippen molar-refractivity contribution in [3.8, 4) is 5.75 Å². The average molecular weight is 461 g/mol. The second-order valence-corrected chi connectivity index (χ2v) is 8.80. The van der Waals surface area contributed by atoms with E-state index in [4.69, 9.17) is 9.15 Å². The Morgan fingerprint density at radius 2 is 1.97 bits per heavy atom. The maximum Gasteiger partial charge on any atom is 0.296 e. The number of carbonyl (C=O) groups is 2. The van der Waals surface area contributed by atoms with Crippen LogP contribution in [0.4, 0.5) is 0 Å². The van der Waals surface area contributed by atoms with Gasteiger partial charge in [0, 0.05) is 24.5 Å². The average Bonchev–Trinajstić information content (AvgIpc) is 3.35. The highest BCUT2D eigenvalue weighted by Crippen LogP contribution is 2.42. The summed E-state index contributed by atoms with van der Waals surface area (Å²) in [5.41, 5.74) is 2.87. The molecule has 1 amide bonds. The number of pyridine rings is 1. The van der Waals surface area contributed by atoms with Gasteiger partial charge in [0.25, 0.3) is 11.7 Å². The lowest BCUT2D eigenvalue weighted by molar-refractivity contribution is -0.140. The number of aryl methyl sites for hydroxylation is 2. The number of aliphatic hydroxyl groups is 1. The van der Waals surface area contributed by atoms with Gasteiger partial charge in [0.2, 0.25) is 0 Å². The van der Waals surface area contributed by atoms with E-state index in [0.717, 1.165) is 16.7 Å². The molecule has 1 fully saturated rings. The Hall–Kier alpha value is -3.87. The molecular formula is C27H28N2O5. The number of Topliss-reactive ketones (excluding diaryl/α,β-unsaturated/α-hetero) is 1. The zero-order valence-electron chi connectivity index (χ0n) is 20.0. The van der Waals surface area contributed by atoms with Gasteiger partial charge in [-0.15, -0.1) is 0 Å². The minimum atomic E-state index is -0.863. The highest BCUT2D eigenvalue weighted by Gasteiger charge is 2.47. The van der Waals surface area contributed by atoms with E-state index >= 15 is 0 Å². The maximum atomic E-state index is 13.3. The Labute approximate surface area is 198 Å². The number of carbonyl (C=O) groups excluding carboxylic acids is 2. The van der Waals surface area contributed by atoms with Gasteiger partial charge in [-0.3, -0.25) is 14.6 Å². The van der Waals surface area contributed by atoms with Crippen molar-refractivity contribution in [1.82, 2.24) is 9.88 Å². The number of ether oxygens (including phenoxy) is 1. The van der Waals surface area contributed by atoms with Gasteiger partial charge in [0.05, 0.1) is 12.7 Å². The van der Waals surface area contributed by atoms with Crippen LogP contribution in [0.1, 0.15) is 59.6 Å². The number of amides is 1. The number of likely N-dealkylation sites (tertiary alicyclic amines) is 1. The summed E-state index contributed by atoms with van der Waals surface area (Å²) >= 11 is 0. The number of ketones is 1. The van der Waals surface area contributed by atoms with Gasteiger partial charge < -0.3 is 19.2 Å². The summed E-state index contributed by atoms with van der Waals surface area (Å²) in [5, 5.41) is 11.5. The number of aliphatic hydroxyl groups excluding tert-OH is 1. The van der Waals surface area contributed by atoms with Crippen molar-refractivity contribution in [3.05, 3.63) is 88.1 Å². The Bertz CT molecular complexity index is 1270. The zero-order chi connectivity index (χ0) is 24.6. The topological polar surface area (TPSA) is 92.9 Å². The molecule has 7 heteroatoms. The van der Waals surface area contributed by atoms with E-state index in [1.807, 2.05) is 39.0 Å². The molecule has 1 atom stereocenters. The standard InChI is InChI=1S/C27H28N2O5/c1-15(2)19-12-20(16(3)11-22(19)33-5)25(30)23-24(21-9-8-17(4)34-21)29(27(32)26(23)31)14-18-7-6-10-28-13-18/h6-13,15,24,30H,14H2,1-5H3/b25-23+. The minimum absolute atomic E-state index is 0.00575. The van der Waals surface area contributed by atoms with E-state index in [1.165, 1.54) is 4.90 Å². The van der Waals surface area contributed by atoms with Crippen LogP contribution < -0.4 is 4.74 Å². The molecule has 3 heterocycles. The van der Waals surface area contributed by atoms with Crippen LogP contribution in [0.15, 0.2) is 58.8 Å². The molecule has 1 aromatic carbocycles. The third-order valence-corrected chi connectivity index (χ3v) is 6.10. The zero-order valence-corrected chi connectivity index (χ0v) is 20.0. The molecule has 34 heavy (non-hydrogen) atoms. The molecule has 7 nitrogen and oxygen atoms in total. The van der Waals surface area contributed by atoms with Gasteiger partial charge in [-0.1, -0.05) is 19.9 Å². The number of hydrogen-bond acceptors (Lipinski definition) is 6. The van der Waals surface area contributed by atoms with E-state index < -0.39 is 17.7 Å². The number of nitrogens with zero attached hydrogens (tertiary/aromatic N) is 2. The van der Waals surface area contributed by atoms with Crippen molar-refractivity contribution in [1.29, 1.82) is 0 Å². The first-order valence-corrected chi connectivity index (χ1v) is 11.2. The molecule has 1 unspecified atom stereocenters. The van der Waals surface area contributed by atoms with Crippen molar-refractivity contribution >= 4 is 17.4 Å². The Balaban J connectivity index is 1.90. The third-order valence-electron chi connectivity index (χ3n) is 6.10. The summed E-state index contributed by atoms with van der Waals surface area (Å²) in [5.74, 6) is 0.217. The summed E-state index contributed by atoms with van der Waals surface area (Å²) in [4.78, 5) is 32.0. The number of furan rings is 1. The number of methoxy groups -OCH3 is 1. The summed E-state index contributed by atoms with van der Waals surface area (Å²) in [6, 6.07) is 9.91. The molecule has 0 aliphatic carbocycles. The molecule has 0 bridgehead atoms. The largest absolute Gasteiger partial charge is 0.507 e. The van der Waals surface area contributed by atoms with Gasteiger partial charge >= 0.3 is 0 Å². The van der Waals surface area contributed by atoms with Crippen LogP contribution in [-0.2, 0) is 16.1 Å². The molecule has 1 aliphatic rings. The fraction of sp³-hybridized carbons (Fsp3) is 0.296. The highest BCUT2D eigenvalue weighted by atomic mass is 16.5. The summed E-state index contributed by atoms with van der Waals surface area (Å²) in [7, 11) is 1.60. The maximum absolute atomic E-state index is 13.3. The van der Waals surface area contributed by atoms with Crippen LogP contribution in [0.25, 0.3) is 5.76 Å². The molecule has 2 aromatic heterocycles. The van der Waals surface area contributed by atoms with E-state index in [2.05, 4.69) is 4.98 Å². The van der Waals surface area contributed by atoms with Crippen molar-refractivity contribution in [2.75, 3.05) is 7.11 Å². The first kappa shape index (κ1) is 23.3. The molecule has 0 radical (unpaired) electrons. The normalized spacial score (nSPS) is 17.6. The molecule has 176 valence electrons. The van der Waals surface area contributed by atoms with E-state index in [9.17, 15) is 14.7 Å². The third kappa shape index (κ3) is 4.09. The van der Waals surface area contributed by atoms with E-state index in [0.29, 0.717) is 22.8 Å². The van der Waals surface area contributed by atoms with Gasteiger partial charge in [0.1, 0.15) is 29.1 Å². The molecule has 1 saturated heterocycles. The van der Waals surface area contributed by atoms with Crippen molar-refractivity contribution in [3.63, 3.8) is 0 Å². The van der Waals surface area contributed by atoms with Gasteiger partial charge in [-0.05, 0) is 66.8 Å². The van der Waals surface area contributed by atoms with Crippen molar-refractivity contribution in [2.45, 2.75) is 46.2 Å². The summed E-state index contributed by atoms with van der Waals surface area (Å²) in [6.07, 6.45) is 3.29. The molecule has 1 aliphatic heterocycles. The predicted molar refractivity (Wildman–Crippen MR) is 127 cm³/mol. The summed E-state index contributed by atoms with van der Waals surface area (Å²) < 4.78 is 11.4. The molecule has 0 spiro atoms. The number of benzene rings is 1. The van der Waals surface area contributed by atoms with Crippen molar-refractivity contribution < 1.29 is 23.8 Å². The SMILES string of the molecule is COc1cc(C)c(/C(O)=C2\C(=O)C(=O)N(Cc3cccnc3)C2c2ccc(C)o2)cc1C(C)C. The van der Waals surface area contributed by atoms with Crippen LogP contribution >= 0.6 is 0 Å². The van der Waals surface area contributed by atoms with Gasteiger partial charge in [0.15, 0.2) is 0 Å². The van der Waals surface area contributed by atoms with Crippen molar-refractivity contribution in [2.24, 2.45) is 0 Å². The Morgan fingerprint density at radius 1 is 1.21 bits per heavy atom. The Morgan fingerprint density at radius 3 is 2.56 bits per heavy atom. The smallest absolute Gasteiger partial charge is 0.296 e. The first-order valence-electron chi connectivity index (χ1n) is 11.2. The second kappa shape index (κ2) is 9.17. The predicted octanol–water partition coefficient (Wildman–Crippen LogP) is 5.05. The minimum Gasteiger partial charge on any atom is -0.507 e. The number of hydrogen-bond donors (Lipinski definition) is 1. The first-order chi connectivity index (χ1) is 16.2. The fourth-order valence-corrected chi connectivity index (χ4v) is 4.35. The van der Waals surface area contributed by atoms with Crippen LogP contribution in [0, 0.1) is 13.8 Å². The molecule has 0 saturated carbocycles. The number of rotatable bonds is 6. The van der Waals surface area contributed by atoms with Crippen LogP contribution in [0.5, 0.6) is 5.75 Å². The molecule has 4 rings (SSSR count). The van der Waals surface area contributed by atoms with Crippen LogP contribution in [0.3, 0.4) is 0 Å². The quantitative estimate of drug-likeness (QED) is 0.315. The lowest BCUT2D eigenvalue weighted by Gasteiger charge is -2.23. The molecule has 3 aromatic rings. The highest BCUT2D eigenvalue weighted by molar-refractivity contribution is 6.46. The van der Waals surface area contributed by atoms with E-state index in [-0.39, 0.29) is 23.8 Å². The lowest BCUT2D eigenvalue weighted by atomic mass is 9.92. The fourth-order valence-electron chi connectivity index (χ4n) is 4.35. The van der Waals surface area contributed by atoms with E-state index in [1.54, 1.807) is 44.6 Å². The second-order valence-electron chi connectivity index (χ2n) is 8.80.